The molecular weight excluding hydrogens is 360 g/mol. The molecule has 0 aromatic heterocycles. The molecule has 0 amide bonds. The fourth-order valence-electron chi connectivity index (χ4n) is 3.00. The second-order valence-electron chi connectivity index (χ2n) is 7.56. The van der Waals surface area contributed by atoms with Crippen LogP contribution in [0.3, 0.4) is 0 Å². The van der Waals surface area contributed by atoms with E-state index in [-0.39, 0.29) is 0 Å². The van der Waals surface area contributed by atoms with E-state index in [1.807, 2.05) is 6.07 Å². The maximum Gasteiger partial charge on any atom is 0.243 e. The zero-order valence-corrected chi connectivity index (χ0v) is 17.8. The molecule has 1 aliphatic heterocycles. The SMILES string of the molecule is CCNC(=NCC1CCN(S(=O)(=O)c2ccccc2)CC1)NC(C)C(C)C. The maximum absolute atomic E-state index is 12.7. The van der Waals surface area contributed by atoms with E-state index in [0.717, 1.165) is 31.9 Å². The largest absolute Gasteiger partial charge is 0.357 e. The van der Waals surface area contributed by atoms with E-state index in [1.54, 1.807) is 28.6 Å². The minimum Gasteiger partial charge on any atom is -0.357 e. The van der Waals surface area contributed by atoms with Crippen LogP contribution in [0.25, 0.3) is 0 Å². The number of benzene rings is 1. The molecule has 0 spiro atoms. The molecule has 2 rings (SSSR count). The highest BCUT2D eigenvalue weighted by atomic mass is 32.2. The Morgan fingerprint density at radius 3 is 2.37 bits per heavy atom. The molecule has 27 heavy (non-hydrogen) atoms. The summed E-state index contributed by atoms with van der Waals surface area (Å²) in [4.78, 5) is 5.11. The van der Waals surface area contributed by atoms with E-state index in [1.165, 1.54) is 0 Å². The Labute approximate surface area is 164 Å². The first-order valence-electron chi connectivity index (χ1n) is 9.94. The Hall–Kier alpha value is -1.60. The van der Waals surface area contributed by atoms with E-state index < -0.39 is 10.0 Å². The molecular formula is C20H34N4O2S. The van der Waals surface area contributed by atoms with Gasteiger partial charge in [0.05, 0.1) is 4.90 Å². The van der Waals surface area contributed by atoms with Crippen LogP contribution in [0, 0.1) is 11.8 Å². The van der Waals surface area contributed by atoms with Gasteiger partial charge in [-0.2, -0.15) is 4.31 Å². The van der Waals surface area contributed by atoms with Gasteiger partial charge < -0.3 is 10.6 Å². The first-order chi connectivity index (χ1) is 12.8. The molecule has 0 aliphatic carbocycles. The molecule has 1 aromatic carbocycles. The number of nitrogens with zero attached hydrogens (tertiary/aromatic N) is 2. The number of guanidine groups is 1. The van der Waals surface area contributed by atoms with Crippen LogP contribution in [0.5, 0.6) is 0 Å². The van der Waals surface area contributed by atoms with Crippen molar-refractivity contribution in [3.05, 3.63) is 30.3 Å². The molecule has 1 aliphatic rings. The predicted molar refractivity (Wildman–Crippen MR) is 111 cm³/mol. The summed E-state index contributed by atoms with van der Waals surface area (Å²) in [7, 11) is -3.38. The third-order valence-corrected chi connectivity index (χ3v) is 7.08. The van der Waals surface area contributed by atoms with Crippen LogP contribution in [0.2, 0.25) is 0 Å². The fraction of sp³-hybridized carbons (Fsp3) is 0.650. The van der Waals surface area contributed by atoms with E-state index in [0.29, 0.717) is 35.9 Å². The highest BCUT2D eigenvalue weighted by molar-refractivity contribution is 7.89. The quantitative estimate of drug-likeness (QED) is 0.551. The van der Waals surface area contributed by atoms with E-state index in [2.05, 4.69) is 38.3 Å². The lowest BCUT2D eigenvalue weighted by molar-refractivity contribution is 0.278. The van der Waals surface area contributed by atoms with Crippen LogP contribution in [-0.4, -0.2) is 50.9 Å². The van der Waals surface area contributed by atoms with E-state index in [9.17, 15) is 8.42 Å². The Morgan fingerprint density at radius 1 is 1.19 bits per heavy atom. The van der Waals surface area contributed by atoms with Crippen molar-refractivity contribution < 1.29 is 8.42 Å². The maximum atomic E-state index is 12.7. The van der Waals surface area contributed by atoms with Crippen LogP contribution >= 0.6 is 0 Å². The van der Waals surface area contributed by atoms with Crippen LogP contribution in [-0.2, 0) is 10.0 Å². The first kappa shape index (κ1) is 21.7. The van der Waals surface area contributed by atoms with Crippen LogP contribution in [0.4, 0.5) is 0 Å². The van der Waals surface area contributed by atoms with Gasteiger partial charge in [-0.05, 0) is 50.7 Å². The zero-order chi connectivity index (χ0) is 19.9. The number of piperidine rings is 1. The number of hydrogen-bond donors (Lipinski definition) is 2. The number of nitrogens with one attached hydrogen (secondary N) is 2. The van der Waals surface area contributed by atoms with Crippen LogP contribution in [0.15, 0.2) is 40.2 Å². The molecule has 0 bridgehead atoms. The predicted octanol–water partition coefficient (Wildman–Crippen LogP) is 2.69. The van der Waals surface area contributed by atoms with Crippen molar-refractivity contribution in [1.29, 1.82) is 0 Å². The molecule has 1 aromatic rings. The number of sulfonamides is 1. The van der Waals surface area contributed by atoms with Gasteiger partial charge >= 0.3 is 0 Å². The second kappa shape index (κ2) is 10.1. The van der Waals surface area contributed by atoms with Gasteiger partial charge in [-0.3, -0.25) is 4.99 Å². The summed E-state index contributed by atoms with van der Waals surface area (Å²) in [5, 5.41) is 6.74. The Bertz CT molecular complexity index is 696. The minimum absolute atomic E-state index is 0.348. The van der Waals surface area contributed by atoms with E-state index in [4.69, 9.17) is 4.99 Å². The standard InChI is InChI=1S/C20H34N4O2S/c1-5-21-20(23-17(4)16(2)3)22-15-18-11-13-24(14-12-18)27(25,26)19-9-7-6-8-10-19/h6-10,16-18H,5,11-15H2,1-4H3,(H2,21,22,23). The van der Waals surface area contributed by atoms with Crippen molar-refractivity contribution in [3.63, 3.8) is 0 Å². The Morgan fingerprint density at radius 2 is 1.81 bits per heavy atom. The molecule has 0 saturated carbocycles. The molecule has 1 heterocycles. The van der Waals surface area contributed by atoms with E-state index >= 15 is 0 Å². The third kappa shape index (κ3) is 6.21. The molecule has 1 saturated heterocycles. The third-order valence-electron chi connectivity index (χ3n) is 5.17. The van der Waals surface area contributed by atoms with Crippen LogP contribution in [0.1, 0.15) is 40.5 Å². The van der Waals surface area contributed by atoms with Gasteiger partial charge in [-0.25, -0.2) is 8.42 Å². The number of rotatable bonds is 7. The number of aliphatic imine (C=N–C) groups is 1. The average Bonchev–Trinajstić information content (AvgIpc) is 2.67. The van der Waals surface area contributed by atoms with Gasteiger partial charge in [-0.1, -0.05) is 32.0 Å². The zero-order valence-electron chi connectivity index (χ0n) is 17.0. The van der Waals surface area contributed by atoms with Gasteiger partial charge in [0.1, 0.15) is 0 Å². The Balaban J connectivity index is 1.91. The van der Waals surface area contributed by atoms with Crippen molar-refractivity contribution in [2.45, 2.75) is 51.5 Å². The second-order valence-corrected chi connectivity index (χ2v) is 9.50. The summed E-state index contributed by atoms with van der Waals surface area (Å²) >= 11 is 0. The van der Waals surface area contributed by atoms with Gasteiger partial charge in [0, 0.05) is 32.2 Å². The van der Waals surface area contributed by atoms with Gasteiger partial charge in [-0.15, -0.1) is 0 Å². The molecule has 1 fully saturated rings. The number of hydrogen-bond acceptors (Lipinski definition) is 3. The fourth-order valence-corrected chi connectivity index (χ4v) is 4.49. The topological polar surface area (TPSA) is 73.8 Å². The normalized spacial score (nSPS) is 18.5. The summed E-state index contributed by atoms with van der Waals surface area (Å²) in [5.41, 5.74) is 0. The molecule has 1 atom stereocenters. The lowest BCUT2D eigenvalue weighted by Gasteiger charge is -2.30. The van der Waals surface area contributed by atoms with Crippen molar-refractivity contribution in [2.75, 3.05) is 26.2 Å². The average molecular weight is 395 g/mol. The highest BCUT2D eigenvalue weighted by Crippen LogP contribution is 2.23. The minimum atomic E-state index is -3.38. The molecule has 2 N–H and O–H groups in total. The van der Waals surface area contributed by atoms with Gasteiger partial charge in [0.2, 0.25) is 10.0 Å². The Kier molecular flexibility index (Phi) is 8.10. The van der Waals surface area contributed by atoms with Crippen molar-refractivity contribution in [1.82, 2.24) is 14.9 Å². The highest BCUT2D eigenvalue weighted by Gasteiger charge is 2.29. The summed E-state index contributed by atoms with van der Waals surface area (Å²) in [6.45, 7) is 11.3. The molecule has 1 unspecified atom stereocenters. The summed E-state index contributed by atoms with van der Waals surface area (Å²) in [5.74, 6) is 1.79. The lowest BCUT2D eigenvalue weighted by Crippen LogP contribution is -2.44. The lowest BCUT2D eigenvalue weighted by atomic mass is 9.98. The summed E-state index contributed by atoms with van der Waals surface area (Å²) in [6.07, 6.45) is 1.68. The molecule has 7 heteroatoms. The molecule has 0 radical (unpaired) electrons. The van der Waals surface area contributed by atoms with Crippen molar-refractivity contribution >= 4 is 16.0 Å². The molecule has 6 nitrogen and oxygen atoms in total. The summed E-state index contributed by atoms with van der Waals surface area (Å²) in [6, 6.07) is 9.04. The monoisotopic (exact) mass is 394 g/mol. The molecule has 152 valence electrons. The van der Waals surface area contributed by atoms with Crippen molar-refractivity contribution in [3.8, 4) is 0 Å². The first-order valence-corrected chi connectivity index (χ1v) is 11.4. The van der Waals surface area contributed by atoms with Crippen molar-refractivity contribution in [2.24, 2.45) is 16.8 Å². The van der Waals surface area contributed by atoms with Gasteiger partial charge in [0.25, 0.3) is 0 Å². The summed E-state index contributed by atoms with van der Waals surface area (Å²) < 4.78 is 27.0. The van der Waals surface area contributed by atoms with Crippen LogP contribution < -0.4 is 10.6 Å². The van der Waals surface area contributed by atoms with Gasteiger partial charge in [0.15, 0.2) is 5.96 Å². The smallest absolute Gasteiger partial charge is 0.243 e.